The zero-order valence-electron chi connectivity index (χ0n) is 10.4. The van der Waals surface area contributed by atoms with E-state index in [1.165, 1.54) is 0 Å². The highest BCUT2D eigenvalue weighted by molar-refractivity contribution is 5.88. The maximum absolute atomic E-state index is 11.9. The van der Waals surface area contributed by atoms with E-state index >= 15 is 0 Å². The lowest BCUT2D eigenvalue weighted by atomic mass is 9.80. The van der Waals surface area contributed by atoms with Crippen LogP contribution in [0, 0.1) is 5.41 Å². The molecule has 1 rings (SSSR count). The first-order valence-corrected chi connectivity index (χ1v) is 5.91. The third-order valence-corrected chi connectivity index (χ3v) is 3.10. The smallest absolute Gasteiger partial charge is 0.322 e. The lowest BCUT2D eigenvalue weighted by Crippen LogP contribution is -2.48. The molecule has 1 heterocycles. The molecule has 7 heteroatoms. The zero-order chi connectivity index (χ0) is 13.6. The predicted molar refractivity (Wildman–Crippen MR) is 63.9 cm³/mol. The molecular weight excluding hydrogens is 238 g/mol. The Bertz CT molecular complexity index is 337. The highest BCUT2D eigenvalue weighted by Crippen LogP contribution is 2.27. The molecule has 1 aliphatic rings. The summed E-state index contributed by atoms with van der Waals surface area (Å²) in [5.41, 5.74) is -0.446. The lowest BCUT2D eigenvalue weighted by molar-refractivity contribution is -0.138. The highest BCUT2D eigenvalue weighted by Gasteiger charge is 2.34. The summed E-state index contributed by atoms with van der Waals surface area (Å²) in [7, 11) is 0. The molecule has 0 spiro atoms. The molecule has 1 fully saturated rings. The molecule has 7 nitrogen and oxygen atoms in total. The van der Waals surface area contributed by atoms with E-state index in [1.807, 2.05) is 6.92 Å². The fourth-order valence-electron chi connectivity index (χ4n) is 1.82. The minimum absolute atomic E-state index is 0.158. The van der Waals surface area contributed by atoms with Crippen molar-refractivity contribution in [2.75, 3.05) is 26.2 Å². The van der Waals surface area contributed by atoms with E-state index in [0.29, 0.717) is 0 Å². The minimum atomic E-state index is -1.11. The molecule has 1 saturated heterocycles. The maximum atomic E-state index is 11.9. The molecule has 0 aliphatic carbocycles. The van der Waals surface area contributed by atoms with Crippen LogP contribution in [0.5, 0.6) is 0 Å². The summed E-state index contributed by atoms with van der Waals surface area (Å²) in [5.74, 6) is -1.77. The van der Waals surface area contributed by atoms with Gasteiger partial charge in [0.05, 0.1) is 6.54 Å². The molecule has 0 aromatic rings. The first-order valence-electron chi connectivity index (χ1n) is 5.91. The Labute approximate surface area is 105 Å². The predicted octanol–water partition coefficient (Wildman–Crippen LogP) is -1.31. The Morgan fingerprint density at radius 2 is 1.78 bits per heavy atom. The van der Waals surface area contributed by atoms with Gasteiger partial charge in [-0.2, -0.15) is 0 Å². The Kier molecular flexibility index (Phi) is 5.08. The van der Waals surface area contributed by atoms with Crippen LogP contribution in [0.1, 0.15) is 19.8 Å². The standard InChI is InChI=1S/C11H19N3O4/c1-11(2-4-12-5-3-11)10(18)14-6-8(15)13-7-9(16)17/h12H,2-7H2,1H3,(H,13,15)(H,14,18)(H,16,17). The Hall–Kier alpha value is -1.63. The van der Waals surface area contributed by atoms with Crippen LogP contribution in [0.4, 0.5) is 0 Å². The number of hydrogen-bond acceptors (Lipinski definition) is 4. The van der Waals surface area contributed by atoms with Gasteiger partial charge in [0.25, 0.3) is 0 Å². The second-order valence-electron chi connectivity index (χ2n) is 4.66. The SMILES string of the molecule is CC1(C(=O)NCC(=O)NCC(=O)O)CCNCC1. The number of rotatable bonds is 5. The van der Waals surface area contributed by atoms with Gasteiger partial charge in [-0.3, -0.25) is 14.4 Å². The quantitative estimate of drug-likeness (QED) is 0.489. The number of carboxylic acids is 1. The van der Waals surface area contributed by atoms with Gasteiger partial charge in [0.1, 0.15) is 6.54 Å². The van der Waals surface area contributed by atoms with E-state index in [9.17, 15) is 14.4 Å². The van der Waals surface area contributed by atoms with Crippen LogP contribution in [0.2, 0.25) is 0 Å². The van der Waals surface area contributed by atoms with Crippen LogP contribution < -0.4 is 16.0 Å². The Balaban J connectivity index is 2.31. The molecular formula is C11H19N3O4. The minimum Gasteiger partial charge on any atom is -0.480 e. The molecule has 102 valence electrons. The van der Waals surface area contributed by atoms with Gasteiger partial charge in [0.15, 0.2) is 0 Å². The van der Waals surface area contributed by atoms with Gasteiger partial charge in [-0.05, 0) is 25.9 Å². The van der Waals surface area contributed by atoms with Crippen LogP contribution in [0.25, 0.3) is 0 Å². The zero-order valence-corrected chi connectivity index (χ0v) is 10.4. The third kappa shape index (κ3) is 4.33. The van der Waals surface area contributed by atoms with Gasteiger partial charge in [0, 0.05) is 5.41 Å². The largest absolute Gasteiger partial charge is 0.480 e. The molecule has 0 unspecified atom stereocenters. The summed E-state index contributed by atoms with van der Waals surface area (Å²) in [4.78, 5) is 33.4. The van der Waals surface area contributed by atoms with Crippen molar-refractivity contribution in [3.8, 4) is 0 Å². The van der Waals surface area contributed by atoms with Crippen molar-refractivity contribution in [3.63, 3.8) is 0 Å². The van der Waals surface area contributed by atoms with Crippen molar-refractivity contribution < 1.29 is 19.5 Å². The average Bonchev–Trinajstić information content (AvgIpc) is 2.34. The first-order chi connectivity index (χ1) is 8.44. The molecule has 18 heavy (non-hydrogen) atoms. The van der Waals surface area contributed by atoms with Crippen molar-refractivity contribution in [2.45, 2.75) is 19.8 Å². The van der Waals surface area contributed by atoms with Crippen LogP contribution in [-0.2, 0) is 14.4 Å². The van der Waals surface area contributed by atoms with Crippen LogP contribution in [0.15, 0.2) is 0 Å². The number of hydrogen-bond donors (Lipinski definition) is 4. The number of nitrogens with one attached hydrogen (secondary N) is 3. The number of piperidine rings is 1. The Morgan fingerprint density at radius 3 is 2.33 bits per heavy atom. The average molecular weight is 257 g/mol. The second kappa shape index (κ2) is 6.34. The molecule has 0 aromatic heterocycles. The monoisotopic (exact) mass is 257 g/mol. The van der Waals surface area contributed by atoms with Gasteiger partial charge >= 0.3 is 5.97 Å². The molecule has 0 saturated carbocycles. The highest BCUT2D eigenvalue weighted by atomic mass is 16.4. The fraction of sp³-hybridized carbons (Fsp3) is 0.727. The first kappa shape index (κ1) is 14.4. The van der Waals surface area contributed by atoms with Gasteiger partial charge in [-0.15, -0.1) is 0 Å². The third-order valence-electron chi connectivity index (χ3n) is 3.10. The summed E-state index contributed by atoms with van der Waals surface area (Å²) < 4.78 is 0. The van der Waals surface area contributed by atoms with Crippen molar-refractivity contribution in [3.05, 3.63) is 0 Å². The number of carboxylic acid groups (broad SMARTS) is 1. The molecule has 4 N–H and O–H groups in total. The van der Waals surface area contributed by atoms with E-state index in [-0.39, 0.29) is 12.5 Å². The van der Waals surface area contributed by atoms with E-state index in [1.54, 1.807) is 0 Å². The van der Waals surface area contributed by atoms with Crippen LogP contribution in [0.3, 0.4) is 0 Å². The molecule has 0 radical (unpaired) electrons. The summed E-state index contributed by atoms with van der Waals surface area (Å²) >= 11 is 0. The number of carbonyl (C=O) groups excluding carboxylic acids is 2. The second-order valence-corrected chi connectivity index (χ2v) is 4.66. The number of amides is 2. The maximum Gasteiger partial charge on any atom is 0.322 e. The number of carbonyl (C=O) groups is 3. The van der Waals surface area contributed by atoms with Crippen molar-refractivity contribution >= 4 is 17.8 Å². The fourth-order valence-corrected chi connectivity index (χ4v) is 1.82. The Morgan fingerprint density at radius 1 is 1.17 bits per heavy atom. The van der Waals surface area contributed by atoms with Crippen molar-refractivity contribution in [1.82, 2.24) is 16.0 Å². The number of aliphatic carboxylic acids is 1. The van der Waals surface area contributed by atoms with E-state index in [2.05, 4.69) is 16.0 Å². The van der Waals surface area contributed by atoms with Crippen LogP contribution >= 0.6 is 0 Å². The summed E-state index contributed by atoms with van der Waals surface area (Å²) in [6.07, 6.45) is 1.46. The van der Waals surface area contributed by atoms with Gasteiger partial charge < -0.3 is 21.1 Å². The van der Waals surface area contributed by atoms with E-state index in [0.717, 1.165) is 25.9 Å². The van der Waals surface area contributed by atoms with Gasteiger partial charge in [0.2, 0.25) is 11.8 Å². The molecule has 0 bridgehead atoms. The summed E-state index contributed by atoms with van der Waals surface area (Å²) in [6.45, 7) is 2.83. The van der Waals surface area contributed by atoms with Gasteiger partial charge in [-0.25, -0.2) is 0 Å². The molecule has 0 aromatic carbocycles. The molecule has 0 atom stereocenters. The molecule has 2 amide bonds. The normalized spacial score (nSPS) is 17.8. The lowest BCUT2D eigenvalue weighted by Gasteiger charge is -2.32. The van der Waals surface area contributed by atoms with Crippen molar-refractivity contribution in [1.29, 1.82) is 0 Å². The van der Waals surface area contributed by atoms with E-state index < -0.39 is 23.8 Å². The summed E-state index contributed by atoms with van der Waals surface area (Å²) in [5, 5.41) is 16.3. The van der Waals surface area contributed by atoms with Crippen LogP contribution in [-0.4, -0.2) is 49.1 Å². The van der Waals surface area contributed by atoms with Crippen molar-refractivity contribution in [2.24, 2.45) is 5.41 Å². The molecule has 1 aliphatic heterocycles. The van der Waals surface area contributed by atoms with Gasteiger partial charge in [-0.1, -0.05) is 6.92 Å². The van der Waals surface area contributed by atoms with E-state index in [4.69, 9.17) is 5.11 Å². The summed E-state index contributed by atoms with van der Waals surface area (Å²) in [6, 6.07) is 0. The topological polar surface area (TPSA) is 108 Å².